The van der Waals surface area contributed by atoms with Crippen molar-refractivity contribution >= 4 is 27.5 Å². The standard InChI is InChI=1S/C20H19FN2O4S/c1-4-9-23-15-10-16(25-2)17(26-3)11-18(15)28-20(23)22-19(24)12-27-14-7-5-13(21)6-8-14/h4-8,10-11H,1,9,12H2,2-3H3. The monoisotopic (exact) mass is 402 g/mol. The predicted molar refractivity (Wildman–Crippen MR) is 106 cm³/mol. The van der Waals surface area contributed by atoms with E-state index in [1.54, 1.807) is 20.3 Å². The third-order valence-electron chi connectivity index (χ3n) is 3.90. The van der Waals surface area contributed by atoms with Crippen molar-refractivity contribution in [2.75, 3.05) is 20.8 Å². The molecule has 3 rings (SSSR count). The summed E-state index contributed by atoms with van der Waals surface area (Å²) < 4.78 is 31.8. The Labute approximate surface area is 165 Å². The van der Waals surface area contributed by atoms with Crippen molar-refractivity contribution < 1.29 is 23.4 Å². The quantitative estimate of drug-likeness (QED) is 0.567. The Morgan fingerprint density at radius 1 is 1.21 bits per heavy atom. The van der Waals surface area contributed by atoms with Gasteiger partial charge in [0.25, 0.3) is 5.91 Å². The van der Waals surface area contributed by atoms with Crippen LogP contribution in [0.4, 0.5) is 4.39 Å². The zero-order valence-corrected chi connectivity index (χ0v) is 16.3. The molecule has 0 aliphatic rings. The number of carbonyl (C=O) groups excluding carboxylic acids is 1. The van der Waals surface area contributed by atoms with Crippen LogP contribution >= 0.6 is 11.3 Å². The van der Waals surface area contributed by atoms with E-state index in [-0.39, 0.29) is 12.4 Å². The van der Waals surface area contributed by atoms with Crippen LogP contribution in [0.15, 0.2) is 54.0 Å². The van der Waals surface area contributed by atoms with Gasteiger partial charge in [0.1, 0.15) is 11.6 Å². The topological polar surface area (TPSA) is 62.1 Å². The van der Waals surface area contributed by atoms with E-state index in [1.165, 1.54) is 35.6 Å². The molecular formula is C20H19FN2O4S. The van der Waals surface area contributed by atoms with E-state index in [0.29, 0.717) is 28.6 Å². The molecule has 0 unspecified atom stereocenters. The summed E-state index contributed by atoms with van der Waals surface area (Å²) >= 11 is 1.35. The highest BCUT2D eigenvalue weighted by Gasteiger charge is 2.13. The Morgan fingerprint density at radius 3 is 2.54 bits per heavy atom. The molecule has 6 nitrogen and oxygen atoms in total. The van der Waals surface area contributed by atoms with Crippen LogP contribution in [0.25, 0.3) is 10.2 Å². The summed E-state index contributed by atoms with van der Waals surface area (Å²) in [5, 5.41) is 0. The molecular weight excluding hydrogens is 383 g/mol. The Bertz CT molecular complexity index is 1070. The number of methoxy groups -OCH3 is 2. The van der Waals surface area contributed by atoms with Gasteiger partial charge in [0.05, 0.1) is 24.4 Å². The van der Waals surface area contributed by atoms with Gasteiger partial charge in [0.15, 0.2) is 22.9 Å². The number of allylic oxidation sites excluding steroid dienone is 1. The van der Waals surface area contributed by atoms with E-state index >= 15 is 0 Å². The van der Waals surface area contributed by atoms with Crippen molar-refractivity contribution in [3.8, 4) is 17.2 Å². The van der Waals surface area contributed by atoms with Crippen LogP contribution in [-0.4, -0.2) is 31.3 Å². The molecule has 0 radical (unpaired) electrons. The number of aromatic nitrogens is 1. The average Bonchev–Trinajstić information content (AvgIpc) is 3.02. The summed E-state index contributed by atoms with van der Waals surface area (Å²) in [6.45, 7) is 3.99. The number of nitrogens with zero attached hydrogens (tertiary/aromatic N) is 2. The maximum atomic E-state index is 12.9. The summed E-state index contributed by atoms with van der Waals surface area (Å²) in [4.78, 5) is 17.0. The van der Waals surface area contributed by atoms with Crippen LogP contribution in [-0.2, 0) is 11.3 Å². The molecule has 0 fully saturated rings. The first-order valence-corrected chi connectivity index (χ1v) is 9.19. The Kier molecular flexibility index (Phi) is 6.10. The molecule has 0 N–H and O–H groups in total. The molecule has 0 bridgehead atoms. The molecule has 0 aliphatic heterocycles. The molecule has 0 saturated carbocycles. The Morgan fingerprint density at radius 2 is 1.89 bits per heavy atom. The third-order valence-corrected chi connectivity index (χ3v) is 4.94. The summed E-state index contributed by atoms with van der Waals surface area (Å²) in [6.07, 6.45) is 1.72. The minimum atomic E-state index is -0.451. The number of thiazole rings is 1. The van der Waals surface area contributed by atoms with Gasteiger partial charge in [0.2, 0.25) is 0 Å². The van der Waals surface area contributed by atoms with E-state index in [0.717, 1.165) is 10.2 Å². The number of rotatable bonds is 7. The fourth-order valence-electron chi connectivity index (χ4n) is 2.60. The summed E-state index contributed by atoms with van der Waals surface area (Å²) in [5.74, 6) is 0.759. The average molecular weight is 402 g/mol. The molecule has 3 aromatic rings. The van der Waals surface area contributed by atoms with Gasteiger partial charge in [-0.2, -0.15) is 4.99 Å². The molecule has 28 heavy (non-hydrogen) atoms. The van der Waals surface area contributed by atoms with Gasteiger partial charge in [-0.3, -0.25) is 4.79 Å². The molecule has 2 aromatic carbocycles. The van der Waals surface area contributed by atoms with Gasteiger partial charge in [0, 0.05) is 18.7 Å². The number of halogens is 1. The van der Waals surface area contributed by atoms with Crippen molar-refractivity contribution in [2.24, 2.45) is 4.99 Å². The second-order valence-corrected chi connectivity index (χ2v) is 6.72. The first-order chi connectivity index (χ1) is 13.5. The molecule has 0 atom stereocenters. The SMILES string of the molecule is C=CCn1c(=NC(=O)COc2ccc(F)cc2)sc2cc(OC)c(OC)cc21. The maximum absolute atomic E-state index is 12.9. The van der Waals surface area contributed by atoms with E-state index in [2.05, 4.69) is 11.6 Å². The van der Waals surface area contributed by atoms with Gasteiger partial charge >= 0.3 is 0 Å². The number of fused-ring (bicyclic) bond motifs is 1. The van der Waals surface area contributed by atoms with Crippen molar-refractivity contribution in [3.63, 3.8) is 0 Å². The molecule has 0 spiro atoms. The highest BCUT2D eigenvalue weighted by molar-refractivity contribution is 7.16. The lowest BCUT2D eigenvalue weighted by Gasteiger charge is -2.08. The van der Waals surface area contributed by atoms with Gasteiger partial charge in [-0.25, -0.2) is 4.39 Å². The highest BCUT2D eigenvalue weighted by atomic mass is 32.1. The van der Waals surface area contributed by atoms with E-state index in [9.17, 15) is 9.18 Å². The van der Waals surface area contributed by atoms with E-state index < -0.39 is 5.91 Å². The highest BCUT2D eigenvalue weighted by Crippen LogP contribution is 2.33. The fraction of sp³-hybridized carbons (Fsp3) is 0.200. The van der Waals surface area contributed by atoms with Crippen molar-refractivity contribution in [2.45, 2.75) is 6.54 Å². The lowest BCUT2D eigenvalue weighted by molar-refractivity contribution is -0.120. The lowest BCUT2D eigenvalue weighted by Crippen LogP contribution is -2.19. The molecule has 1 heterocycles. The second kappa shape index (κ2) is 8.71. The number of benzene rings is 2. The maximum Gasteiger partial charge on any atom is 0.286 e. The van der Waals surface area contributed by atoms with Gasteiger partial charge in [-0.1, -0.05) is 17.4 Å². The molecule has 146 valence electrons. The summed E-state index contributed by atoms with van der Waals surface area (Å²) in [7, 11) is 3.13. The minimum Gasteiger partial charge on any atom is -0.493 e. The summed E-state index contributed by atoms with van der Waals surface area (Å²) in [5.41, 5.74) is 0.855. The van der Waals surface area contributed by atoms with Crippen LogP contribution < -0.4 is 19.0 Å². The Hall–Kier alpha value is -3.13. The number of hydrogen-bond donors (Lipinski definition) is 0. The van der Waals surface area contributed by atoms with Crippen LogP contribution in [0.3, 0.4) is 0 Å². The van der Waals surface area contributed by atoms with Crippen molar-refractivity contribution in [1.82, 2.24) is 4.57 Å². The first-order valence-electron chi connectivity index (χ1n) is 8.38. The third kappa shape index (κ3) is 4.23. The van der Waals surface area contributed by atoms with Crippen LogP contribution in [0, 0.1) is 5.82 Å². The smallest absolute Gasteiger partial charge is 0.286 e. The van der Waals surface area contributed by atoms with Crippen LogP contribution in [0.1, 0.15) is 0 Å². The second-order valence-electron chi connectivity index (χ2n) is 5.71. The van der Waals surface area contributed by atoms with Gasteiger partial charge in [-0.15, -0.1) is 6.58 Å². The van der Waals surface area contributed by atoms with Crippen molar-refractivity contribution in [1.29, 1.82) is 0 Å². The largest absolute Gasteiger partial charge is 0.493 e. The van der Waals surface area contributed by atoms with E-state index in [1.807, 2.05) is 16.7 Å². The first kappa shape index (κ1) is 19.6. The van der Waals surface area contributed by atoms with Gasteiger partial charge < -0.3 is 18.8 Å². The van der Waals surface area contributed by atoms with Crippen LogP contribution in [0.2, 0.25) is 0 Å². The zero-order chi connectivity index (χ0) is 20.1. The summed E-state index contributed by atoms with van der Waals surface area (Å²) in [6, 6.07) is 9.13. The number of amides is 1. The Balaban J connectivity index is 1.93. The van der Waals surface area contributed by atoms with E-state index in [4.69, 9.17) is 14.2 Å². The molecule has 8 heteroatoms. The zero-order valence-electron chi connectivity index (χ0n) is 15.5. The lowest BCUT2D eigenvalue weighted by atomic mass is 10.3. The normalized spacial score (nSPS) is 11.5. The predicted octanol–water partition coefficient (Wildman–Crippen LogP) is 3.55. The minimum absolute atomic E-state index is 0.249. The molecule has 1 amide bonds. The molecule has 1 aromatic heterocycles. The number of ether oxygens (including phenoxy) is 3. The van der Waals surface area contributed by atoms with Crippen LogP contribution in [0.5, 0.6) is 17.2 Å². The molecule has 0 aliphatic carbocycles. The van der Waals surface area contributed by atoms with Gasteiger partial charge in [-0.05, 0) is 24.3 Å². The fourth-order valence-corrected chi connectivity index (χ4v) is 3.67. The van der Waals surface area contributed by atoms with Crippen molar-refractivity contribution in [3.05, 3.63) is 59.7 Å². The number of carbonyl (C=O) groups is 1. The number of hydrogen-bond acceptors (Lipinski definition) is 5. The molecule has 0 saturated heterocycles.